The first kappa shape index (κ1) is 26.8. The Morgan fingerprint density at radius 3 is 2.23 bits per heavy atom. The van der Waals surface area contributed by atoms with Crippen LogP contribution in [0.5, 0.6) is 11.8 Å². The molecule has 4 aromatic rings. The van der Waals surface area contributed by atoms with Crippen molar-refractivity contribution in [1.29, 1.82) is 0 Å². The number of aromatic hydroxyl groups is 2. The molecule has 1 amide bonds. The standard InChI is InChI=1S/C29H33BrN6O3/c1-18-19(2)28(38)36(27(18)37)32-26-15-21(24-10-7-22(30)16-25(24)31-26)17-34-11-13-35(14-12-34)29(39)20-5-8-23(9-6-20)33(3)4/h5-10,15-16,37-38H,11-14,17H2,1-4H3,(H,31,32). The minimum Gasteiger partial charge on any atom is -0.493 e. The maximum absolute atomic E-state index is 13.1. The van der Waals surface area contributed by atoms with E-state index in [9.17, 15) is 15.0 Å². The highest BCUT2D eigenvalue weighted by Gasteiger charge is 2.23. The van der Waals surface area contributed by atoms with E-state index in [1.54, 1.807) is 13.8 Å². The topological polar surface area (TPSA) is 97.1 Å². The molecule has 10 heteroatoms. The molecule has 0 saturated carbocycles. The number of nitrogens with one attached hydrogen (secondary N) is 1. The SMILES string of the molecule is Cc1c(C)c(O)n(Nc2cc(CN3CCN(C(=O)c4ccc(N(C)C)cc4)CC3)c3ccc(Br)cc3n2)c1O. The van der Waals surface area contributed by atoms with E-state index >= 15 is 0 Å². The number of fused-ring (bicyclic) bond motifs is 1. The number of halogens is 1. The van der Waals surface area contributed by atoms with Crippen LogP contribution in [0.2, 0.25) is 0 Å². The fraction of sp³-hybridized carbons (Fsp3) is 0.310. The van der Waals surface area contributed by atoms with E-state index in [1.165, 1.54) is 4.68 Å². The van der Waals surface area contributed by atoms with Gasteiger partial charge in [-0.15, -0.1) is 0 Å². The van der Waals surface area contributed by atoms with Gasteiger partial charge in [0.15, 0.2) is 0 Å². The predicted molar refractivity (Wildman–Crippen MR) is 158 cm³/mol. The van der Waals surface area contributed by atoms with Crippen LogP contribution < -0.4 is 10.3 Å². The number of hydrogen-bond acceptors (Lipinski definition) is 7. The van der Waals surface area contributed by atoms with Gasteiger partial charge in [0, 0.05) is 79.1 Å². The van der Waals surface area contributed by atoms with Crippen LogP contribution in [0.4, 0.5) is 11.5 Å². The Hall–Kier alpha value is -3.76. The number of hydrogen-bond donors (Lipinski definition) is 3. The molecule has 204 valence electrons. The first-order valence-electron chi connectivity index (χ1n) is 12.9. The number of piperazine rings is 1. The molecule has 2 aromatic carbocycles. The lowest BCUT2D eigenvalue weighted by molar-refractivity contribution is 0.0629. The number of carbonyl (C=O) groups is 1. The van der Waals surface area contributed by atoms with Crippen LogP contribution in [0.25, 0.3) is 10.9 Å². The quantitative estimate of drug-likeness (QED) is 0.298. The van der Waals surface area contributed by atoms with E-state index in [2.05, 4.69) is 26.3 Å². The summed E-state index contributed by atoms with van der Waals surface area (Å²) in [5.74, 6) is 0.452. The van der Waals surface area contributed by atoms with Gasteiger partial charge in [-0.2, -0.15) is 4.68 Å². The van der Waals surface area contributed by atoms with Gasteiger partial charge in [-0.1, -0.05) is 22.0 Å². The molecule has 1 saturated heterocycles. The summed E-state index contributed by atoms with van der Waals surface area (Å²) in [6, 6.07) is 15.7. The number of anilines is 2. The van der Waals surface area contributed by atoms with Gasteiger partial charge in [0.25, 0.3) is 5.91 Å². The monoisotopic (exact) mass is 592 g/mol. The molecular formula is C29H33BrN6O3. The Morgan fingerprint density at radius 2 is 1.62 bits per heavy atom. The number of aromatic nitrogens is 2. The predicted octanol–water partition coefficient (Wildman–Crippen LogP) is 4.73. The lowest BCUT2D eigenvalue weighted by atomic mass is 10.1. The summed E-state index contributed by atoms with van der Waals surface area (Å²) in [7, 11) is 3.96. The third-order valence-corrected chi connectivity index (χ3v) is 7.92. The molecule has 0 unspecified atom stereocenters. The van der Waals surface area contributed by atoms with Crippen LogP contribution in [0.3, 0.4) is 0 Å². The Bertz CT molecular complexity index is 1500. The molecule has 39 heavy (non-hydrogen) atoms. The molecule has 0 spiro atoms. The van der Waals surface area contributed by atoms with Crippen molar-refractivity contribution in [1.82, 2.24) is 19.5 Å². The van der Waals surface area contributed by atoms with E-state index in [-0.39, 0.29) is 17.7 Å². The Kier molecular flexibility index (Phi) is 7.42. The largest absolute Gasteiger partial charge is 0.493 e. The Morgan fingerprint density at radius 1 is 0.974 bits per heavy atom. The number of nitrogens with zero attached hydrogens (tertiary/aromatic N) is 5. The van der Waals surface area contributed by atoms with E-state index < -0.39 is 0 Å². The van der Waals surface area contributed by atoms with Crippen molar-refractivity contribution in [2.24, 2.45) is 0 Å². The van der Waals surface area contributed by atoms with Crippen molar-refractivity contribution in [3.8, 4) is 11.8 Å². The molecule has 0 radical (unpaired) electrons. The smallest absolute Gasteiger partial charge is 0.253 e. The summed E-state index contributed by atoms with van der Waals surface area (Å²) >= 11 is 3.54. The number of amides is 1. The highest BCUT2D eigenvalue weighted by atomic mass is 79.9. The molecular weight excluding hydrogens is 560 g/mol. The van der Waals surface area contributed by atoms with Crippen LogP contribution in [-0.4, -0.2) is 75.9 Å². The summed E-state index contributed by atoms with van der Waals surface area (Å²) in [4.78, 5) is 24.1. The molecule has 0 aliphatic carbocycles. The van der Waals surface area contributed by atoms with Crippen LogP contribution in [0, 0.1) is 13.8 Å². The van der Waals surface area contributed by atoms with E-state index in [4.69, 9.17) is 4.98 Å². The summed E-state index contributed by atoms with van der Waals surface area (Å²) < 4.78 is 2.16. The zero-order chi connectivity index (χ0) is 27.8. The van der Waals surface area contributed by atoms with Crippen molar-refractivity contribution in [3.05, 3.63) is 75.3 Å². The third kappa shape index (κ3) is 5.39. The maximum Gasteiger partial charge on any atom is 0.253 e. The Balaban J connectivity index is 1.33. The average molecular weight is 594 g/mol. The number of carbonyl (C=O) groups excluding carboxylic acids is 1. The molecule has 3 heterocycles. The second-order valence-corrected chi connectivity index (χ2v) is 11.1. The average Bonchev–Trinajstić information content (AvgIpc) is 3.10. The maximum atomic E-state index is 13.1. The molecule has 3 N–H and O–H groups in total. The van der Waals surface area contributed by atoms with Gasteiger partial charge >= 0.3 is 0 Å². The van der Waals surface area contributed by atoms with Crippen LogP contribution in [0.1, 0.15) is 27.0 Å². The van der Waals surface area contributed by atoms with Crippen molar-refractivity contribution in [2.45, 2.75) is 20.4 Å². The third-order valence-electron chi connectivity index (χ3n) is 7.42. The number of rotatable bonds is 6. The summed E-state index contributed by atoms with van der Waals surface area (Å²) in [6.45, 7) is 6.99. The summed E-state index contributed by atoms with van der Waals surface area (Å²) in [5.41, 5.74) is 7.89. The second-order valence-electron chi connectivity index (χ2n) is 10.2. The van der Waals surface area contributed by atoms with Crippen molar-refractivity contribution in [3.63, 3.8) is 0 Å². The van der Waals surface area contributed by atoms with Gasteiger partial charge in [0.05, 0.1) is 5.52 Å². The van der Waals surface area contributed by atoms with Gasteiger partial charge in [-0.3, -0.25) is 15.1 Å². The molecule has 0 atom stereocenters. The number of benzene rings is 2. The highest BCUT2D eigenvalue weighted by molar-refractivity contribution is 9.10. The fourth-order valence-corrected chi connectivity index (χ4v) is 5.24. The lowest BCUT2D eigenvalue weighted by Gasteiger charge is -2.35. The van der Waals surface area contributed by atoms with Gasteiger partial charge in [0.1, 0.15) is 5.82 Å². The first-order valence-corrected chi connectivity index (χ1v) is 13.7. The molecule has 9 nitrogen and oxygen atoms in total. The van der Waals surface area contributed by atoms with Gasteiger partial charge in [0.2, 0.25) is 11.8 Å². The first-order chi connectivity index (χ1) is 18.6. The van der Waals surface area contributed by atoms with E-state index in [0.717, 1.165) is 39.7 Å². The molecule has 1 aliphatic heterocycles. The highest BCUT2D eigenvalue weighted by Crippen LogP contribution is 2.33. The zero-order valence-electron chi connectivity index (χ0n) is 22.6. The minimum atomic E-state index is -0.0557. The normalized spacial score (nSPS) is 14.1. The van der Waals surface area contributed by atoms with Gasteiger partial charge in [-0.25, -0.2) is 4.98 Å². The van der Waals surface area contributed by atoms with Crippen LogP contribution >= 0.6 is 15.9 Å². The van der Waals surface area contributed by atoms with E-state index in [1.807, 2.05) is 72.4 Å². The van der Waals surface area contributed by atoms with E-state index in [0.29, 0.717) is 42.1 Å². The molecule has 2 aromatic heterocycles. The Labute approximate surface area is 236 Å². The summed E-state index contributed by atoms with van der Waals surface area (Å²) in [6.07, 6.45) is 0. The zero-order valence-corrected chi connectivity index (χ0v) is 24.2. The van der Waals surface area contributed by atoms with Crippen molar-refractivity contribution >= 4 is 44.2 Å². The van der Waals surface area contributed by atoms with Crippen LogP contribution in [-0.2, 0) is 6.54 Å². The summed E-state index contributed by atoms with van der Waals surface area (Å²) in [5, 5.41) is 22.0. The minimum absolute atomic E-state index is 0.0557. The molecule has 1 aliphatic rings. The molecule has 0 bridgehead atoms. The molecule has 5 rings (SSSR count). The number of pyridine rings is 1. The van der Waals surface area contributed by atoms with Gasteiger partial charge in [-0.05, 0) is 61.9 Å². The van der Waals surface area contributed by atoms with Crippen molar-refractivity contribution in [2.75, 3.05) is 50.6 Å². The second kappa shape index (κ2) is 10.8. The molecule has 1 fully saturated rings. The van der Waals surface area contributed by atoms with Crippen LogP contribution in [0.15, 0.2) is 53.0 Å². The lowest BCUT2D eigenvalue weighted by Crippen LogP contribution is -2.48. The van der Waals surface area contributed by atoms with Crippen molar-refractivity contribution < 1.29 is 15.0 Å². The fourth-order valence-electron chi connectivity index (χ4n) is 4.89. The van der Waals surface area contributed by atoms with Gasteiger partial charge < -0.3 is 20.0 Å².